The molecule has 0 amide bonds. The number of anilines is 1. The van der Waals surface area contributed by atoms with Crippen LogP contribution in [0.3, 0.4) is 0 Å². The molecule has 0 atom stereocenters. The average molecular weight is 171 g/mol. The lowest BCUT2D eigenvalue weighted by Crippen LogP contribution is -2.07. The predicted octanol–water partition coefficient (Wildman–Crippen LogP) is 3.42. The predicted molar refractivity (Wildman–Crippen MR) is 57.5 cm³/mol. The maximum Gasteiger partial charge on any atom is 0.0461 e. The van der Waals surface area contributed by atoms with E-state index in [4.69, 9.17) is 0 Å². The number of fused-ring (bicyclic) bond motifs is 1. The van der Waals surface area contributed by atoms with Crippen molar-refractivity contribution < 1.29 is 0 Å². The van der Waals surface area contributed by atoms with Gasteiger partial charge in [0, 0.05) is 16.9 Å². The summed E-state index contributed by atoms with van der Waals surface area (Å²) < 4.78 is 0. The van der Waals surface area contributed by atoms with Crippen LogP contribution in [-0.4, -0.2) is 0 Å². The van der Waals surface area contributed by atoms with Crippen LogP contribution in [0.25, 0.3) is 5.57 Å². The lowest BCUT2D eigenvalue weighted by Gasteiger charge is -2.22. The first-order valence-electron chi connectivity index (χ1n) is 4.43. The van der Waals surface area contributed by atoms with Crippen LogP contribution in [0.1, 0.15) is 19.4 Å². The van der Waals surface area contributed by atoms with E-state index in [1.54, 1.807) is 0 Å². The molecule has 1 heterocycles. The molecular weight excluding hydrogens is 158 g/mol. The molecule has 0 aliphatic carbocycles. The molecule has 66 valence electrons. The Balaban J connectivity index is 2.59. The van der Waals surface area contributed by atoms with Crippen molar-refractivity contribution in [2.75, 3.05) is 5.32 Å². The Kier molecular flexibility index (Phi) is 1.73. The Labute approximate surface area is 78.8 Å². The maximum absolute atomic E-state index is 4.09. The zero-order chi connectivity index (χ0) is 9.42. The van der Waals surface area contributed by atoms with E-state index in [1.807, 2.05) is 12.1 Å². The van der Waals surface area contributed by atoms with Gasteiger partial charge in [0.15, 0.2) is 0 Å². The molecule has 1 aromatic carbocycles. The molecule has 13 heavy (non-hydrogen) atoms. The van der Waals surface area contributed by atoms with Gasteiger partial charge in [-0.1, -0.05) is 24.8 Å². The van der Waals surface area contributed by atoms with Gasteiger partial charge in [0.1, 0.15) is 0 Å². The Hall–Kier alpha value is -1.50. The topological polar surface area (TPSA) is 12.0 Å². The molecule has 0 bridgehead atoms. The first-order valence-corrected chi connectivity index (χ1v) is 4.43. The summed E-state index contributed by atoms with van der Waals surface area (Å²) in [5.41, 5.74) is 5.95. The second-order valence-electron chi connectivity index (χ2n) is 3.40. The largest absolute Gasteiger partial charge is 0.358 e. The third kappa shape index (κ3) is 1.17. The van der Waals surface area contributed by atoms with Crippen LogP contribution < -0.4 is 5.32 Å². The van der Waals surface area contributed by atoms with E-state index >= 15 is 0 Å². The first kappa shape index (κ1) is 8.11. The van der Waals surface area contributed by atoms with E-state index in [1.165, 1.54) is 16.8 Å². The van der Waals surface area contributed by atoms with E-state index in [0.717, 1.165) is 11.3 Å². The molecule has 0 spiro atoms. The van der Waals surface area contributed by atoms with E-state index in [9.17, 15) is 0 Å². The number of allylic oxidation sites excluding steroid dienone is 3. The van der Waals surface area contributed by atoms with Crippen LogP contribution >= 0.6 is 0 Å². The molecular formula is C12H13N. The lowest BCUT2D eigenvalue weighted by molar-refractivity contribution is 1.26. The molecule has 0 unspecified atom stereocenters. The highest BCUT2D eigenvalue weighted by Gasteiger charge is 2.14. The number of para-hydroxylation sites is 1. The minimum absolute atomic E-state index is 1.13. The fourth-order valence-corrected chi connectivity index (χ4v) is 1.58. The summed E-state index contributed by atoms with van der Waals surface area (Å²) in [6.07, 6.45) is 0. The van der Waals surface area contributed by atoms with E-state index in [-0.39, 0.29) is 0 Å². The molecule has 2 rings (SSSR count). The summed E-state index contributed by atoms with van der Waals surface area (Å²) in [5, 5.41) is 3.36. The van der Waals surface area contributed by atoms with Crippen molar-refractivity contribution >= 4 is 11.3 Å². The van der Waals surface area contributed by atoms with Crippen molar-refractivity contribution in [1.82, 2.24) is 0 Å². The molecule has 1 N–H and O–H groups in total. The van der Waals surface area contributed by atoms with Gasteiger partial charge in [-0.2, -0.15) is 0 Å². The summed E-state index contributed by atoms with van der Waals surface area (Å²) >= 11 is 0. The fraction of sp³-hybridized carbons (Fsp3) is 0.167. The smallest absolute Gasteiger partial charge is 0.0461 e. The molecule has 1 heteroatoms. The molecule has 1 aromatic rings. The number of rotatable bonds is 0. The van der Waals surface area contributed by atoms with Crippen molar-refractivity contribution in [3.63, 3.8) is 0 Å². The summed E-state index contributed by atoms with van der Waals surface area (Å²) in [5.74, 6) is 0. The Morgan fingerprint density at radius 1 is 1.15 bits per heavy atom. The maximum atomic E-state index is 4.09. The van der Waals surface area contributed by atoms with Gasteiger partial charge in [-0.05, 0) is 31.1 Å². The second kappa shape index (κ2) is 2.77. The molecule has 0 saturated carbocycles. The first-order chi connectivity index (χ1) is 6.20. The van der Waals surface area contributed by atoms with Gasteiger partial charge in [0.25, 0.3) is 0 Å². The normalized spacial score (nSPS) is 15.4. The Morgan fingerprint density at radius 2 is 1.85 bits per heavy atom. The standard InChI is InChI=1S/C12H13N/c1-8-9(2)11-6-4-5-7-12(11)13-10(8)3/h4-7,13H,2H2,1,3H3. The van der Waals surface area contributed by atoms with E-state index < -0.39 is 0 Å². The summed E-state index contributed by atoms with van der Waals surface area (Å²) in [6, 6.07) is 8.25. The Bertz CT molecular complexity index is 399. The number of benzene rings is 1. The van der Waals surface area contributed by atoms with Crippen LogP contribution in [0.15, 0.2) is 42.1 Å². The van der Waals surface area contributed by atoms with Gasteiger partial charge in [-0.25, -0.2) is 0 Å². The molecule has 0 aromatic heterocycles. The van der Waals surface area contributed by atoms with Gasteiger partial charge >= 0.3 is 0 Å². The van der Waals surface area contributed by atoms with Crippen LogP contribution in [-0.2, 0) is 0 Å². The van der Waals surface area contributed by atoms with Crippen LogP contribution in [0.5, 0.6) is 0 Å². The SMILES string of the molecule is C=C1C(C)=C(C)Nc2ccccc21. The zero-order valence-electron chi connectivity index (χ0n) is 8.02. The highest BCUT2D eigenvalue weighted by molar-refractivity contribution is 5.88. The second-order valence-corrected chi connectivity index (χ2v) is 3.40. The van der Waals surface area contributed by atoms with Crippen molar-refractivity contribution in [3.8, 4) is 0 Å². The highest BCUT2D eigenvalue weighted by Crippen LogP contribution is 2.34. The molecule has 1 aliphatic heterocycles. The minimum Gasteiger partial charge on any atom is -0.358 e. The Morgan fingerprint density at radius 3 is 2.62 bits per heavy atom. The third-order valence-electron chi connectivity index (χ3n) is 2.59. The van der Waals surface area contributed by atoms with Crippen molar-refractivity contribution in [3.05, 3.63) is 47.7 Å². The van der Waals surface area contributed by atoms with Crippen molar-refractivity contribution in [2.24, 2.45) is 0 Å². The molecule has 0 fully saturated rings. The van der Waals surface area contributed by atoms with Crippen molar-refractivity contribution in [1.29, 1.82) is 0 Å². The van der Waals surface area contributed by atoms with Gasteiger partial charge in [-0.3, -0.25) is 0 Å². The van der Waals surface area contributed by atoms with E-state index in [0.29, 0.717) is 0 Å². The van der Waals surface area contributed by atoms with Crippen molar-refractivity contribution in [2.45, 2.75) is 13.8 Å². The van der Waals surface area contributed by atoms with Gasteiger partial charge in [0.05, 0.1) is 0 Å². The number of hydrogen-bond donors (Lipinski definition) is 1. The summed E-state index contributed by atoms with van der Waals surface area (Å²) in [4.78, 5) is 0. The molecule has 1 nitrogen and oxygen atoms in total. The van der Waals surface area contributed by atoms with Crippen LogP contribution in [0.2, 0.25) is 0 Å². The fourth-order valence-electron chi connectivity index (χ4n) is 1.58. The molecule has 0 radical (unpaired) electrons. The number of nitrogens with one attached hydrogen (secondary N) is 1. The average Bonchev–Trinajstić information content (AvgIpc) is 2.15. The van der Waals surface area contributed by atoms with E-state index in [2.05, 4.69) is 37.9 Å². The summed E-state index contributed by atoms with van der Waals surface area (Å²) in [6.45, 7) is 8.27. The quantitative estimate of drug-likeness (QED) is 0.630. The van der Waals surface area contributed by atoms with Gasteiger partial charge < -0.3 is 5.32 Å². The minimum atomic E-state index is 1.13. The molecule has 0 saturated heterocycles. The van der Waals surface area contributed by atoms with Crippen LogP contribution in [0, 0.1) is 0 Å². The van der Waals surface area contributed by atoms with Crippen LogP contribution in [0.4, 0.5) is 5.69 Å². The number of hydrogen-bond acceptors (Lipinski definition) is 1. The monoisotopic (exact) mass is 171 g/mol. The highest BCUT2D eigenvalue weighted by atomic mass is 14.9. The van der Waals surface area contributed by atoms with Gasteiger partial charge in [-0.15, -0.1) is 0 Å². The van der Waals surface area contributed by atoms with Gasteiger partial charge in [0.2, 0.25) is 0 Å². The lowest BCUT2D eigenvalue weighted by atomic mass is 9.94. The third-order valence-corrected chi connectivity index (χ3v) is 2.59. The zero-order valence-corrected chi connectivity index (χ0v) is 8.02. The molecule has 1 aliphatic rings. The summed E-state index contributed by atoms with van der Waals surface area (Å²) in [7, 11) is 0.